The zero-order chi connectivity index (χ0) is 8.10. The minimum absolute atomic E-state index is 0.0324. The number of aliphatic hydroxyl groups is 1. The largest absolute Gasteiger partial charge is 0.393 e. The first kappa shape index (κ1) is 8.60. The number of hydrogen-bond acceptors (Lipinski definition) is 2. The molecule has 2 nitrogen and oxygen atoms in total. The van der Waals surface area contributed by atoms with Crippen molar-refractivity contribution < 1.29 is 5.11 Å². The summed E-state index contributed by atoms with van der Waals surface area (Å²) in [6.45, 7) is 4.62. The van der Waals surface area contributed by atoms with Crippen molar-refractivity contribution in [2.45, 2.75) is 31.8 Å². The molecule has 0 atom stereocenters. The quantitative estimate of drug-likeness (QED) is 0.643. The Kier molecular flexibility index (Phi) is 3.43. The third-order valence-corrected chi connectivity index (χ3v) is 2.37. The van der Waals surface area contributed by atoms with Crippen molar-refractivity contribution in [1.82, 2.24) is 5.32 Å². The molecule has 0 saturated heterocycles. The molecule has 1 saturated carbocycles. The van der Waals surface area contributed by atoms with E-state index >= 15 is 0 Å². The van der Waals surface area contributed by atoms with E-state index in [1.807, 2.05) is 0 Å². The Morgan fingerprint density at radius 1 is 1.36 bits per heavy atom. The lowest BCUT2D eigenvalue weighted by Crippen LogP contribution is -2.25. The SMILES string of the molecule is C=CNC[C@H]1CC[C@H](O)CC1. The van der Waals surface area contributed by atoms with Gasteiger partial charge in [0, 0.05) is 6.54 Å². The van der Waals surface area contributed by atoms with Crippen molar-refractivity contribution in [3.63, 3.8) is 0 Å². The average Bonchev–Trinajstić information content (AvgIpc) is 2.04. The fourth-order valence-electron chi connectivity index (χ4n) is 1.60. The third kappa shape index (κ3) is 2.93. The molecule has 0 aromatic carbocycles. The van der Waals surface area contributed by atoms with Crippen molar-refractivity contribution in [1.29, 1.82) is 0 Å². The lowest BCUT2D eigenvalue weighted by molar-refractivity contribution is 0.109. The molecule has 0 radical (unpaired) electrons. The van der Waals surface area contributed by atoms with Crippen LogP contribution >= 0.6 is 0 Å². The summed E-state index contributed by atoms with van der Waals surface area (Å²) in [5.74, 6) is 0.747. The summed E-state index contributed by atoms with van der Waals surface area (Å²) >= 11 is 0. The Balaban J connectivity index is 2.12. The van der Waals surface area contributed by atoms with Crippen LogP contribution in [0.1, 0.15) is 25.7 Å². The second-order valence-electron chi connectivity index (χ2n) is 3.29. The molecule has 1 fully saturated rings. The lowest BCUT2D eigenvalue weighted by atomic mass is 9.87. The van der Waals surface area contributed by atoms with E-state index in [9.17, 15) is 5.11 Å². The Morgan fingerprint density at radius 2 is 2.00 bits per heavy atom. The normalized spacial score (nSPS) is 31.4. The van der Waals surface area contributed by atoms with E-state index in [-0.39, 0.29) is 6.10 Å². The van der Waals surface area contributed by atoms with Gasteiger partial charge in [-0.3, -0.25) is 0 Å². The zero-order valence-electron chi connectivity index (χ0n) is 6.92. The van der Waals surface area contributed by atoms with E-state index in [1.165, 1.54) is 0 Å². The Hall–Kier alpha value is -0.500. The van der Waals surface area contributed by atoms with Gasteiger partial charge in [-0.1, -0.05) is 6.58 Å². The van der Waals surface area contributed by atoms with Crippen LogP contribution in [0.4, 0.5) is 0 Å². The Morgan fingerprint density at radius 3 is 2.55 bits per heavy atom. The molecule has 0 aromatic rings. The van der Waals surface area contributed by atoms with Gasteiger partial charge >= 0.3 is 0 Å². The lowest BCUT2D eigenvalue weighted by Gasteiger charge is -2.24. The van der Waals surface area contributed by atoms with Gasteiger partial charge < -0.3 is 10.4 Å². The van der Waals surface area contributed by atoms with Gasteiger partial charge in [0.05, 0.1) is 6.10 Å². The van der Waals surface area contributed by atoms with E-state index in [4.69, 9.17) is 0 Å². The van der Waals surface area contributed by atoms with Crippen LogP contribution in [-0.2, 0) is 0 Å². The van der Waals surface area contributed by atoms with Gasteiger partial charge in [0.1, 0.15) is 0 Å². The molecule has 0 spiro atoms. The summed E-state index contributed by atoms with van der Waals surface area (Å²) in [6.07, 6.45) is 5.97. The van der Waals surface area contributed by atoms with Gasteiger partial charge in [-0.25, -0.2) is 0 Å². The molecular formula is C9H17NO. The Bertz CT molecular complexity index is 117. The molecule has 0 unspecified atom stereocenters. The summed E-state index contributed by atoms with van der Waals surface area (Å²) < 4.78 is 0. The molecule has 0 aromatic heterocycles. The monoisotopic (exact) mass is 155 g/mol. The van der Waals surface area contributed by atoms with Crippen LogP contribution < -0.4 is 5.32 Å². The molecule has 1 rings (SSSR count). The van der Waals surface area contributed by atoms with Gasteiger partial charge in [-0.05, 0) is 37.8 Å². The number of aliphatic hydroxyl groups excluding tert-OH is 1. The summed E-state index contributed by atoms with van der Waals surface area (Å²) in [4.78, 5) is 0. The van der Waals surface area contributed by atoms with E-state index in [1.54, 1.807) is 6.20 Å². The van der Waals surface area contributed by atoms with Crippen molar-refractivity contribution >= 4 is 0 Å². The molecule has 0 heterocycles. The fraction of sp³-hybridized carbons (Fsp3) is 0.778. The molecule has 0 amide bonds. The molecule has 1 aliphatic carbocycles. The number of rotatable bonds is 3. The Labute approximate surface area is 68.3 Å². The van der Waals surface area contributed by atoms with Crippen LogP contribution in [-0.4, -0.2) is 17.8 Å². The topological polar surface area (TPSA) is 32.3 Å². The van der Waals surface area contributed by atoms with E-state index in [0.717, 1.165) is 38.1 Å². The molecule has 2 heteroatoms. The van der Waals surface area contributed by atoms with Crippen LogP contribution in [0.5, 0.6) is 0 Å². The standard InChI is InChI=1S/C9H17NO/c1-2-10-7-8-3-5-9(11)6-4-8/h2,8-11H,1,3-7H2/t8-,9-. The summed E-state index contributed by atoms with van der Waals surface area (Å²) in [5, 5.41) is 12.3. The summed E-state index contributed by atoms with van der Waals surface area (Å²) in [7, 11) is 0. The van der Waals surface area contributed by atoms with Gasteiger partial charge in [0.15, 0.2) is 0 Å². The van der Waals surface area contributed by atoms with E-state index in [2.05, 4.69) is 11.9 Å². The van der Waals surface area contributed by atoms with Crippen molar-refractivity contribution in [2.75, 3.05) is 6.54 Å². The highest BCUT2D eigenvalue weighted by atomic mass is 16.3. The third-order valence-electron chi connectivity index (χ3n) is 2.37. The summed E-state index contributed by atoms with van der Waals surface area (Å²) in [5.41, 5.74) is 0. The van der Waals surface area contributed by atoms with Crippen LogP contribution in [0, 0.1) is 5.92 Å². The van der Waals surface area contributed by atoms with Gasteiger partial charge in [0.25, 0.3) is 0 Å². The highest BCUT2D eigenvalue weighted by Gasteiger charge is 2.18. The molecule has 64 valence electrons. The predicted molar refractivity (Wildman–Crippen MR) is 46.2 cm³/mol. The first-order valence-electron chi connectivity index (χ1n) is 4.35. The van der Waals surface area contributed by atoms with Gasteiger partial charge in [-0.15, -0.1) is 0 Å². The van der Waals surface area contributed by atoms with Crippen LogP contribution in [0.25, 0.3) is 0 Å². The van der Waals surface area contributed by atoms with Crippen molar-refractivity contribution in [3.8, 4) is 0 Å². The number of hydrogen-bond donors (Lipinski definition) is 2. The molecule has 2 N–H and O–H groups in total. The smallest absolute Gasteiger partial charge is 0.0540 e. The van der Waals surface area contributed by atoms with Gasteiger partial charge in [0.2, 0.25) is 0 Å². The fourth-order valence-corrected chi connectivity index (χ4v) is 1.60. The highest BCUT2D eigenvalue weighted by molar-refractivity contribution is 4.75. The van der Waals surface area contributed by atoms with Crippen molar-refractivity contribution in [3.05, 3.63) is 12.8 Å². The van der Waals surface area contributed by atoms with Crippen molar-refractivity contribution in [2.24, 2.45) is 5.92 Å². The minimum Gasteiger partial charge on any atom is -0.393 e. The molecule has 0 bridgehead atoms. The first-order chi connectivity index (χ1) is 5.33. The second-order valence-corrected chi connectivity index (χ2v) is 3.29. The number of nitrogens with one attached hydrogen (secondary N) is 1. The maximum Gasteiger partial charge on any atom is 0.0540 e. The first-order valence-corrected chi connectivity index (χ1v) is 4.35. The highest BCUT2D eigenvalue weighted by Crippen LogP contribution is 2.23. The van der Waals surface area contributed by atoms with E-state index in [0.29, 0.717) is 0 Å². The second kappa shape index (κ2) is 4.39. The molecular weight excluding hydrogens is 138 g/mol. The maximum absolute atomic E-state index is 9.21. The zero-order valence-corrected chi connectivity index (χ0v) is 6.92. The average molecular weight is 155 g/mol. The maximum atomic E-state index is 9.21. The predicted octanol–water partition coefficient (Wildman–Crippen LogP) is 1.27. The van der Waals surface area contributed by atoms with Crippen LogP contribution in [0.3, 0.4) is 0 Å². The molecule has 1 aliphatic rings. The molecule has 0 aliphatic heterocycles. The minimum atomic E-state index is -0.0324. The molecule has 11 heavy (non-hydrogen) atoms. The van der Waals surface area contributed by atoms with Gasteiger partial charge in [-0.2, -0.15) is 0 Å². The van der Waals surface area contributed by atoms with E-state index < -0.39 is 0 Å². The van der Waals surface area contributed by atoms with Crippen LogP contribution in [0.15, 0.2) is 12.8 Å². The summed E-state index contributed by atoms with van der Waals surface area (Å²) in [6, 6.07) is 0. The van der Waals surface area contributed by atoms with Crippen LogP contribution in [0.2, 0.25) is 0 Å².